The summed E-state index contributed by atoms with van der Waals surface area (Å²) >= 11 is 1.37. The van der Waals surface area contributed by atoms with Gasteiger partial charge in [0.1, 0.15) is 11.6 Å². The van der Waals surface area contributed by atoms with E-state index in [0.717, 1.165) is 15.8 Å². The van der Waals surface area contributed by atoms with Gasteiger partial charge in [-0.2, -0.15) is 0 Å². The SMILES string of the molecule is COc1ccc2nc(-n3c(-c4ccccc4)nc4ccc(Nc5ccccc5C(=O)O)cc4c3=O)sc2c1. The highest BCUT2D eigenvalue weighted by Gasteiger charge is 2.19. The fourth-order valence-corrected chi connectivity index (χ4v) is 5.27. The van der Waals surface area contributed by atoms with E-state index < -0.39 is 5.97 Å². The molecule has 9 heteroatoms. The molecule has 0 atom stereocenters. The molecule has 0 saturated carbocycles. The lowest BCUT2D eigenvalue weighted by Gasteiger charge is -2.13. The molecule has 0 aliphatic rings. The summed E-state index contributed by atoms with van der Waals surface area (Å²) in [6, 6.07) is 26.9. The first-order chi connectivity index (χ1) is 18.5. The van der Waals surface area contributed by atoms with Crippen molar-refractivity contribution >= 4 is 49.8 Å². The first-order valence-corrected chi connectivity index (χ1v) is 12.5. The van der Waals surface area contributed by atoms with Crippen molar-refractivity contribution in [3.63, 3.8) is 0 Å². The van der Waals surface area contributed by atoms with Crippen LogP contribution in [0.2, 0.25) is 0 Å². The summed E-state index contributed by atoms with van der Waals surface area (Å²) in [4.78, 5) is 35.3. The first-order valence-electron chi connectivity index (χ1n) is 11.7. The number of nitrogens with zero attached hydrogens (tertiary/aromatic N) is 3. The smallest absolute Gasteiger partial charge is 0.337 e. The van der Waals surface area contributed by atoms with Crippen LogP contribution in [0.5, 0.6) is 5.75 Å². The molecule has 0 amide bonds. The van der Waals surface area contributed by atoms with E-state index in [9.17, 15) is 14.7 Å². The minimum Gasteiger partial charge on any atom is -0.497 e. The Morgan fingerprint density at radius 3 is 2.47 bits per heavy atom. The van der Waals surface area contributed by atoms with E-state index in [1.807, 2.05) is 48.5 Å². The zero-order valence-electron chi connectivity index (χ0n) is 20.1. The van der Waals surface area contributed by atoms with Gasteiger partial charge in [0.05, 0.1) is 39.5 Å². The monoisotopic (exact) mass is 520 g/mol. The van der Waals surface area contributed by atoms with Gasteiger partial charge in [-0.25, -0.2) is 19.3 Å². The highest BCUT2D eigenvalue weighted by molar-refractivity contribution is 7.20. The van der Waals surface area contributed by atoms with Gasteiger partial charge < -0.3 is 15.2 Å². The lowest BCUT2D eigenvalue weighted by molar-refractivity contribution is 0.0698. The second kappa shape index (κ2) is 9.45. The molecule has 6 aromatic rings. The molecule has 0 saturated heterocycles. The first kappa shape index (κ1) is 23.4. The van der Waals surface area contributed by atoms with Crippen LogP contribution in [0.3, 0.4) is 0 Å². The van der Waals surface area contributed by atoms with E-state index in [1.165, 1.54) is 22.0 Å². The maximum Gasteiger partial charge on any atom is 0.337 e. The van der Waals surface area contributed by atoms with Gasteiger partial charge in [0.2, 0.25) is 0 Å². The predicted octanol–water partition coefficient (Wildman–Crippen LogP) is 6.11. The zero-order valence-corrected chi connectivity index (χ0v) is 20.9. The largest absolute Gasteiger partial charge is 0.497 e. The molecular weight excluding hydrogens is 500 g/mol. The Hall–Kier alpha value is -5.02. The Bertz CT molecular complexity index is 1900. The number of ether oxygens (including phenoxy) is 1. The molecule has 0 fully saturated rings. The van der Waals surface area contributed by atoms with Crippen molar-refractivity contribution in [2.24, 2.45) is 0 Å². The number of nitrogens with one attached hydrogen (secondary N) is 1. The number of carboxylic acids is 1. The standard InChI is InChI=1S/C29H20N4O4S/c1-37-19-12-14-24-25(16-19)38-29(32-24)33-26(17-7-3-2-4-8-17)31-23-13-11-18(15-21(23)27(33)34)30-22-10-6-5-9-20(22)28(35)36/h2-16,30H,1H3,(H,35,36). The van der Waals surface area contributed by atoms with Crippen molar-refractivity contribution in [1.82, 2.24) is 14.5 Å². The summed E-state index contributed by atoms with van der Waals surface area (Å²) in [7, 11) is 1.61. The minimum absolute atomic E-state index is 0.132. The highest BCUT2D eigenvalue weighted by Crippen LogP contribution is 2.31. The van der Waals surface area contributed by atoms with Crippen LogP contribution in [0.25, 0.3) is 37.6 Å². The van der Waals surface area contributed by atoms with E-state index in [4.69, 9.17) is 14.7 Å². The van der Waals surface area contributed by atoms with Crippen LogP contribution in [0.15, 0.2) is 95.8 Å². The van der Waals surface area contributed by atoms with Crippen LogP contribution < -0.4 is 15.6 Å². The summed E-state index contributed by atoms with van der Waals surface area (Å²) in [5.41, 5.74) is 2.89. The number of carbonyl (C=O) groups is 1. The number of aromatic nitrogens is 3. The van der Waals surface area contributed by atoms with Gasteiger partial charge >= 0.3 is 5.97 Å². The number of hydrogen-bond donors (Lipinski definition) is 2. The minimum atomic E-state index is -1.04. The number of rotatable bonds is 6. The molecule has 2 N–H and O–H groups in total. The fraction of sp³-hybridized carbons (Fsp3) is 0.0345. The average molecular weight is 521 g/mol. The van der Waals surface area contributed by atoms with E-state index in [1.54, 1.807) is 43.5 Å². The molecule has 0 radical (unpaired) electrons. The quantitative estimate of drug-likeness (QED) is 0.273. The Labute approximate surface area is 220 Å². The van der Waals surface area contributed by atoms with Crippen molar-refractivity contribution in [2.75, 3.05) is 12.4 Å². The predicted molar refractivity (Wildman–Crippen MR) is 149 cm³/mol. The Balaban J connectivity index is 1.55. The van der Waals surface area contributed by atoms with E-state index >= 15 is 0 Å². The number of hydrogen-bond acceptors (Lipinski definition) is 7. The lowest BCUT2D eigenvalue weighted by Crippen LogP contribution is -2.22. The third-order valence-corrected chi connectivity index (χ3v) is 7.12. The number of aromatic carboxylic acids is 1. The van der Waals surface area contributed by atoms with Gasteiger partial charge in [-0.05, 0) is 48.5 Å². The van der Waals surface area contributed by atoms with Crippen LogP contribution in [-0.2, 0) is 0 Å². The molecule has 0 bridgehead atoms. The average Bonchev–Trinajstić information content (AvgIpc) is 3.36. The van der Waals surface area contributed by atoms with E-state index in [0.29, 0.717) is 39.0 Å². The van der Waals surface area contributed by atoms with E-state index in [-0.39, 0.29) is 11.1 Å². The lowest BCUT2D eigenvalue weighted by atomic mass is 10.1. The molecule has 8 nitrogen and oxygen atoms in total. The molecule has 0 unspecified atom stereocenters. The van der Waals surface area contributed by atoms with Crippen LogP contribution in [0, 0.1) is 0 Å². The molecule has 4 aromatic carbocycles. The molecule has 0 aliphatic carbocycles. The number of anilines is 2. The van der Waals surface area contributed by atoms with Gasteiger partial charge in [0.25, 0.3) is 5.56 Å². The van der Waals surface area contributed by atoms with Gasteiger partial charge in [-0.1, -0.05) is 53.8 Å². The summed E-state index contributed by atoms with van der Waals surface area (Å²) in [5.74, 6) is 0.140. The van der Waals surface area contributed by atoms with Gasteiger partial charge in [-0.15, -0.1) is 0 Å². The maximum atomic E-state index is 14.0. The Morgan fingerprint density at radius 1 is 0.921 bits per heavy atom. The van der Waals surface area contributed by atoms with Crippen molar-refractivity contribution in [2.45, 2.75) is 0 Å². The van der Waals surface area contributed by atoms with E-state index in [2.05, 4.69) is 5.32 Å². The molecule has 0 spiro atoms. The van der Waals surface area contributed by atoms with Crippen molar-refractivity contribution in [3.8, 4) is 22.3 Å². The van der Waals surface area contributed by atoms with Gasteiger partial charge in [0, 0.05) is 11.3 Å². The second-order valence-electron chi connectivity index (χ2n) is 8.48. The van der Waals surface area contributed by atoms with Crippen LogP contribution >= 0.6 is 11.3 Å². The maximum absolute atomic E-state index is 14.0. The van der Waals surface area contributed by atoms with Crippen molar-refractivity contribution < 1.29 is 14.6 Å². The molecular formula is C29H20N4O4S. The number of carboxylic acid groups (broad SMARTS) is 1. The normalized spacial score (nSPS) is 11.1. The number of methoxy groups -OCH3 is 1. The third kappa shape index (κ3) is 4.14. The highest BCUT2D eigenvalue weighted by atomic mass is 32.1. The number of fused-ring (bicyclic) bond motifs is 2. The number of thiazole rings is 1. The van der Waals surface area contributed by atoms with Crippen molar-refractivity contribution in [3.05, 3.63) is 107 Å². The number of benzene rings is 4. The van der Waals surface area contributed by atoms with Crippen LogP contribution in [0.1, 0.15) is 10.4 Å². The fourth-order valence-electron chi connectivity index (χ4n) is 4.27. The summed E-state index contributed by atoms with van der Waals surface area (Å²) < 4.78 is 7.76. The zero-order chi connectivity index (χ0) is 26.2. The molecule has 0 aliphatic heterocycles. The molecule has 2 heterocycles. The summed E-state index contributed by atoms with van der Waals surface area (Å²) in [6.45, 7) is 0. The van der Waals surface area contributed by atoms with Gasteiger partial charge in [0.15, 0.2) is 5.13 Å². The summed E-state index contributed by atoms with van der Waals surface area (Å²) in [6.07, 6.45) is 0. The van der Waals surface area contributed by atoms with Gasteiger partial charge in [-0.3, -0.25) is 4.79 Å². The van der Waals surface area contributed by atoms with Crippen LogP contribution in [-0.4, -0.2) is 32.7 Å². The Kier molecular flexibility index (Phi) is 5.82. The third-order valence-electron chi connectivity index (χ3n) is 6.11. The molecule has 186 valence electrons. The molecule has 6 rings (SSSR count). The molecule has 2 aromatic heterocycles. The van der Waals surface area contributed by atoms with Crippen LogP contribution in [0.4, 0.5) is 11.4 Å². The molecule has 38 heavy (non-hydrogen) atoms. The Morgan fingerprint density at radius 2 is 1.68 bits per heavy atom. The second-order valence-corrected chi connectivity index (χ2v) is 9.49. The summed E-state index contributed by atoms with van der Waals surface area (Å²) in [5, 5.41) is 13.5. The number of para-hydroxylation sites is 1. The topological polar surface area (TPSA) is 106 Å². The van der Waals surface area contributed by atoms with Crippen molar-refractivity contribution in [1.29, 1.82) is 0 Å².